The van der Waals surface area contributed by atoms with Gasteiger partial charge in [-0.1, -0.05) is 0 Å². The van der Waals surface area contributed by atoms with Crippen molar-refractivity contribution in [1.29, 1.82) is 0 Å². The Morgan fingerprint density at radius 3 is 2.73 bits per heavy atom. The van der Waals surface area contributed by atoms with Crippen LogP contribution in [0.4, 0.5) is 0 Å². The number of benzene rings is 1. The Balaban J connectivity index is 1.43. The lowest BCUT2D eigenvalue weighted by Crippen LogP contribution is -2.46. The van der Waals surface area contributed by atoms with Crippen molar-refractivity contribution in [3.63, 3.8) is 0 Å². The van der Waals surface area contributed by atoms with Crippen LogP contribution in [0.5, 0.6) is 0 Å². The number of carbonyl (C=O) groups excluding carboxylic acids is 2. The Labute approximate surface area is 153 Å². The van der Waals surface area contributed by atoms with Gasteiger partial charge in [-0.25, -0.2) is 0 Å². The summed E-state index contributed by atoms with van der Waals surface area (Å²) in [7, 11) is 0. The van der Waals surface area contributed by atoms with Crippen molar-refractivity contribution in [3.8, 4) is 0 Å². The maximum absolute atomic E-state index is 12.7. The number of aromatic nitrogens is 1. The number of likely N-dealkylation sites (tertiary alicyclic amines) is 1. The van der Waals surface area contributed by atoms with Gasteiger partial charge in [0.1, 0.15) is 0 Å². The number of primary amides is 1. The number of nitrogens with one attached hydrogen (secondary N) is 2. The molecule has 1 aliphatic carbocycles. The first-order chi connectivity index (χ1) is 12.6. The van der Waals surface area contributed by atoms with Crippen LogP contribution in [0.25, 0.3) is 10.9 Å². The summed E-state index contributed by atoms with van der Waals surface area (Å²) < 4.78 is 0. The molecule has 26 heavy (non-hydrogen) atoms. The van der Waals surface area contributed by atoms with E-state index in [4.69, 9.17) is 5.73 Å². The van der Waals surface area contributed by atoms with Crippen LogP contribution >= 0.6 is 0 Å². The van der Waals surface area contributed by atoms with Crippen LogP contribution < -0.4 is 11.1 Å². The van der Waals surface area contributed by atoms with Crippen molar-refractivity contribution in [2.45, 2.75) is 44.6 Å². The number of aromatic amines is 1. The molecule has 2 heterocycles. The van der Waals surface area contributed by atoms with Crippen LogP contribution in [-0.4, -0.2) is 47.4 Å². The Kier molecular flexibility index (Phi) is 4.68. The van der Waals surface area contributed by atoms with Gasteiger partial charge < -0.3 is 16.0 Å². The number of carbonyl (C=O) groups is 2. The Hall–Kier alpha value is -2.34. The quantitative estimate of drug-likeness (QED) is 0.781. The number of nitrogens with two attached hydrogens (primary N) is 1. The molecule has 4 N–H and O–H groups in total. The number of H-pyrrole nitrogens is 1. The molecule has 1 aromatic heterocycles. The minimum Gasteiger partial charge on any atom is -0.369 e. The monoisotopic (exact) mass is 354 g/mol. The van der Waals surface area contributed by atoms with Crippen molar-refractivity contribution in [2.24, 2.45) is 5.73 Å². The summed E-state index contributed by atoms with van der Waals surface area (Å²) in [5, 5.41) is 4.35. The molecule has 6 nitrogen and oxygen atoms in total. The van der Waals surface area contributed by atoms with Crippen molar-refractivity contribution in [3.05, 3.63) is 35.0 Å². The molecule has 1 saturated heterocycles. The van der Waals surface area contributed by atoms with Crippen molar-refractivity contribution in [1.82, 2.24) is 15.2 Å². The van der Waals surface area contributed by atoms with Gasteiger partial charge in [0.2, 0.25) is 5.91 Å². The molecule has 0 radical (unpaired) electrons. The van der Waals surface area contributed by atoms with Crippen LogP contribution in [0.2, 0.25) is 0 Å². The molecule has 2 aromatic rings. The van der Waals surface area contributed by atoms with Crippen LogP contribution in [0.15, 0.2) is 18.2 Å². The molecule has 0 spiro atoms. The highest BCUT2D eigenvalue weighted by atomic mass is 16.2. The molecule has 0 unspecified atom stereocenters. The van der Waals surface area contributed by atoms with Crippen LogP contribution in [-0.2, 0) is 17.6 Å². The highest BCUT2D eigenvalue weighted by Crippen LogP contribution is 2.29. The lowest BCUT2D eigenvalue weighted by Gasteiger charge is -2.31. The van der Waals surface area contributed by atoms with E-state index in [0.717, 1.165) is 49.9 Å². The predicted octanol–water partition coefficient (Wildman–Crippen LogP) is 1.73. The number of nitrogens with zero attached hydrogens (tertiary/aromatic N) is 1. The molecular formula is C20H26N4O2. The summed E-state index contributed by atoms with van der Waals surface area (Å²) in [5.41, 5.74) is 9.83. The Morgan fingerprint density at radius 1 is 1.19 bits per heavy atom. The maximum Gasteiger partial charge on any atom is 0.251 e. The van der Waals surface area contributed by atoms with Crippen LogP contribution in [0.3, 0.4) is 0 Å². The zero-order valence-electron chi connectivity index (χ0n) is 15.0. The van der Waals surface area contributed by atoms with E-state index in [1.54, 1.807) is 0 Å². The molecular weight excluding hydrogens is 328 g/mol. The zero-order chi connectivity index (χ0) is 18.1. The number of hydrogen-bond acceptors (Lipinski definition) is 3. The van der Waals surface area contributed by atoms with Crippen LogP contribution in [0, 0.1) is 0 Å². The second-order valence-electron chi connectivity index (χ2n) is 7.54. The second kappa shape index (κ2) is 7.11. The van der Waals surface area contributed by atoms with Crippen LogP contribution in [0.1, 0.15) is 47.3 Å². The summed E-state index contributed by atoms with van der Waals surface area (Å²) in [6, 6.07) is 6.12. The van der Waals surface area contributed by atoms with E-state index in [1.807, 2.05) is 23.1 Å². The fourth-order valence-electron chi connectivity index (χ4n) is 4.27. The molecule has 0 atom stereocenters. The lowest BCUT2D eigenvalue weighted by molar-refractivity contribution is -0.119. The predicted molar refractivity (Wildman–Crippen MR) is 101 cm³/mol. The van der Waals surface area contributed by atoms with Gasteiger partial charge in [0.05, 0.1) is 6.54 Å². The highest BCUT2D eigenvalue weighted by Gasteiger charge is 2.22. The number of fused-ring (bicyclic) bond motifs is 3. The van der Waals surface area contributed by atoms with Gasteiger partial charge in [0.15, 0.2) is 0 Å². The van der Waals surface area contributed by atoms with Crippen molar-refractivity contribution < 1.29 is 9.59 Å². The van der Waals surface area contributed by atoms with Gasteiger partial charge in [-0.3, -0.25) is 14.5 Å². The van der Waals surface area contributed by atoms with E-state index in [1.165, 1.54) is 29.5 Å². The summed E-state index contributed by atoms with van der Waals surface area (Å²) in [6.07, 6.45) is 6.36. The minimum absolute atomic E-state index is 0.00832. The molecule has 2 aliphatic rings. The van der Waals surface area contributed by atoms with Gasteiger partial charge in [0.25, 0.3) is 5.91 Å². The van der Waals surface area contributed by atoms with Gasteiger partial charge >= 0.3 is 0 Å². The first-order valence-corrected chi connectivity index (χ1v) is 9.55. The zero-order valence-corrected chi connectivity index (χ0v) is 15.0. The minimum atomic E-state index is -0.296. The van der Waals surface area contributed by atoms with E-state index in [9.17, 15) is 9.59 Å². The molecule has 0 bridgehead atoms. The fourth-order valence-corrected chi connectivity index (χ4v) is 4.27. The van der Waals surface area contributed by atoms with E-state index in [0.29, 0.717) is 6.54 Å². The Bertz CT molecular complexity index is 834. The molecule has 0 saturated carbocycles. The third kappa shape index (κ3) is 3.46. The molecule has 2 amide bonds. The average molecular weight is 354 g/mol. The second-order valence-corrected chi connectivity index (χ2v) is 7.54. The normalized spacial score (nSPS) is 18.6. The van der Waals surface area contributed by atoms with Gasteiger partial charge in [-0.2, -0.15) is 0 Å². The SMILES string of the molecule is NC(=O)CN1CCC(NC(=O)c2ccc3[nH]c4c(c3c2)CCCC4)CC1. The third-order valence-electron chi connectivity index (χ3n) is 5.66. The summed E-state index contributed by atoms with van der Waals surface area (Å²) in [4.78, 5) is 29.3. The van der Waals surface area contributed by atoms with Gasteiger partial charge in [-0.05, 0) is 62.3 Å². The summed E-state index contributed by atoms with van der Waals surface area (Å²) >= 11 is 0. The van der Waals surface area contributed by atoms with E-state index in [-0.39, 0.29) is 17.9 Å². The summed E-state index contributed by atoms with van der Waals surface area (Å²) in [6.45, 7) is 1.88. The number of piperidine rings is 1. The number of rotatable bonds is 4. The molecule has 6 heteroatoms. The fraction of sp³-hybridized carbons (Fsp3) is 0.500. The first kappa shape index (κ1) is 17.1. The van der Waals surface area contributed by atoms with Crippen molar-refractivity contribution >= 4 is 22.7 Å². The highest BCUT2D eigenvalue weighted by molar-refractivity contribution is 5.99. The van der Waals surface area contributed by atoms with E-state index in [2.05, 4.69) is 10.3 Å². The van der Waals surface area contributed by atoms with E-state index < -0.39 is 0 Å². The smallest absolute Gasteiger partial charge is 0.251 e. The molecule has 138 valence electrons. The largest absolute Gasteiger partial charge is 0.369 e. The topological polar surface area (TPSA) is 91.2 Å². The molecule has 1 aliphatic heterocycles. The molecule has 4 rings (SSSR count). The molecule has 1 aromatic carbocycles. The number of aryl methyl sites for hydroxylation is 2. The van der Waals surface area contributed by atoms with Gasteiger partial charge in [-0.15, -0.1) is 0 Å². The van der Waals surface area contributed by atoms with Gasteiger partial charge in [0, 0.05) is 41.3 Å². The van der Waals surface area contributed by atoms with E-state index >= 15 is 0 Å². The lowest BCUT2D eigenvalue weighted by atomic mass is 9.95. The third-order valence-corrected chi connectivity index (χ3v) is 5.66. The average Bonchev–Trinajstić information content (AvgIpc) is 3.01. The van der Waals surface area contributed by atoms with Crippen molar-refractivity contribution in [2.75, 3.05) is 19.6 Å². The summed E-state index contributed by atoms with van der Waals surface area (Å²) in [5.74, 6) is -0.304. The maximum atomic E-state index is 12.7. The molecule has 1 fully saturated rings. The number of amides is 2. The number of hydrogen-bond donors (Lipinski definition) is 3. The first-order valence-electron chi connectivity index (χ1n) is 9.55. The Morgan fingerprint density at radius 2 is 1.96 bits per heavy atom. The standard InChI is InChI=1S/C20H26N4O2/c21-19(25)12-24-9-7-14(8-10-24)22-20(26)13-5-6-18-16(11-13)15-3-1-2-4-17(15)23-18/h5-6,11,14,23H,1-4,7-10,12H2,(H2,21,25)(H,22,26).